The maximum Gasteiger partial charge on any atom is 0.246 e. The first-order valence-electron chi connectivity index (χ1n) is 6.07. The van der Waals surface area contributed by atoms with Crippen molar-refractivity contribution in [2.45, 2.75) is 12.3 Å². The Morgan fingerprint density at radius 3 is 2.68 bits per heavy atom. The average molecular weight is 281 g/mol. The minimum atomic E-state index is -0.558. The van der Waals surface area contributed by atoms with Gasteiger partial charge in [0.05, 0.1) is 0 Å². The predicted octanol–water partition coefficient (Wildman–Crippen LogP) is 1.75. The molecule has 0 fully saturated rings. The number of halogens is 1. The Labute approximate surface area is 118 Å². The Kier molecular flexibility index (Phi) is 4.27. The normalized spacial score (nSPS) is 15.7. The van der Waals surface area contributed by atoms with E-state index in [2.05, 4.69) is 5.10 Å². The zero-order valence-electron chi connectivity index (χ0n) is 11.0. The summed E-state index contributed by atoms with van der Waals surface area (Å²) in [4.78, 5) is 15.8. The lowest BCUT2D eigenvalue weighted by Crippen LogP contribution is -2.44. The van der Waals surface area contributed by atoms with E-state index in [4.69, 9.17) is 11.6 Å². The lowest BCUT2D eigenvalue weighted by Gasteiger charge is -2.28. The Bertz CT molecular complexity index is 463. The van der Waals surface area contributed by atoms with Gasteiger partial charge in [-0.05, 0) is 19.1 Å². The first-order chi connectivity index (χ1) is 9.08. The van der Waals surface area contributed by atoms with Gasteiger partial charge in [-0.25, -0.2) is 0 Å². The molecule has 1 atom stereocenters. The van der Waals surface area contributed by atoms with Crippen LogP contribution in [-0.4, -0.2) is 47.9 Å². The molecule has 0 aromatic heterocycles. The van der Waals surface area contributed by atoms with Crippen LogP contribution >= 0.6 is 11.6 Å². The fourth-order valence-corrected chi connectivity index (χ4v) is 1.98. The van der Waals surface area contributed by atoms with Crippen LogP contribution in [0.15, 0.2) is 35.4 Å². The van der Waals surface area contributed by atoms with Crippen molar-refractivity contribution in [2.24, 2.45) is 5.10 Å². The highest BCUT2D eigenvalue weighted by Gasteiger charge is 2.23. The van der Waals surface area contributed by atoms with Gasteiger partial charge >= 0.3 is 0 Å². The minimum absolute atomic E-state index is 0.115. The topological polar surface area (TPSA) is 39.2 Å². The zero-order chi connectivity index (χ0) is 13.8. The smallest absolute Gasteiger partial charge is 0.246 e. The highest BCUT2D eigenvalue weighted by Crippen LogP contribution is 2.17. The van der Waals surface area contributed by atoms with E-state index in [1.807, 2.05) is 42.3 Å². The zero-order valence-corrected chi connectivity index (χ0v) is 11.8. The van der Waals surface area contributed by atoms with Crippen LogP contribution < -0.4 is 4.90 Å². The van der Waals surface area contributed by atoms with E-state index in [-0.39, 0.29) is 5.91 Å². The van der Waals surface area contributed by atoms with E-state index in [0.29, 0.717) is 13.3 Å². The van der Waals surface area contributed by atoms with Gasteiger partial charge in [0, 0.05) is 12.7 Å². The lowest BCUT2D eigenvalue weighted by atomic mass is 10.2. The third-order valence-electron chi connectivity index (χ3n) is 2.80. The van der Waals surface area contributed by atoms with E-state index in [0.717, 1.165) is 5.69 Å². The number of carbonyl (C=O) groups is 1. The standard InChI is InChI=1S/C13H17ClN4O/c1-11(14)13(19)18(12-6-4-3-5-7-12)10-17-8-15-16(2)9-17/h3-8,11H,9-10H2,1-2H3. The third-order valence-corrected chi connectivity index (χ3v) is 2.98. The largest absolute Gasteiger partial charge is 0.324 e. The van der Waals surface area contributed by atoms with Gasteiger partial charge in [-0.1, -0.05) is 18.2 Å². The molecule has 1 amide bonds. The maximum atomic E-state index is 12.2. The highest BCUT2D eigenvalue weighted by molar-refractivity contribution is 6.32. The van der Waals surface area contributed by atoms with Crippen LogP contribution in [0.2, 0.25) is 0 Å². The molecule has 0 N–H and O–H groups in total. The Morgan fingerprint density at radius 2 is 2.16 bits per heavy atom. The lowest BCUT2D eigenvalue weighted by molar-refractivity contribution is -0.118. The second-order valence-corrected chi connectivity index (χ2v) is 5.13. The molecule has 102 valence electrons. The summed E-state index contributed by atoms with van der Waals surface area (Å²) in [5.41, 5.74) is 0.836. The molecule has 0 spiro atoms. The summed E-state index contributed by atoms with van der Waals surface area (Å²) in [5.74, 6) is -0.115. The Hall–Kier alpha value is -1.75. The molecule has 1 aromatic rings. The number of carbonyl (C=O) groups excluding carboxylic acids is 1. The van der Waals surface area contributed by atoms with Gasteiger partial charge in [-0.15, -0.1) is 11.6 Å². The number of hydrogen-bond acceptors (Lipinski definition) is 4. The molecule has 1 heterocycles. The molecule has 1 aliphatic rings. The molecule has 2 rings (SSSR count). The highest BCUT2D eigenvalue weighted by atomic mass is 35.5. The number of amides is 1. The summed E-state index contributed by atoms with van der Waals surface area (Å²) < 4.78 is 0. The molecule has 0 aliphatic carbocycles. The van der Waals surface area contributed by atoms with Gasteiger partial charge < -0.3 is 4.90 Å². The minimum Gasteiger partial charge on any atom is -0.324 e. The first kappa shape index (κ1) is 13.7. The monoisotopic (exact) mass is 280 g/mol. The van der Waals surface area contributed by atoms with Crippen LogP contribution in [0.3, 0.4) is 0 Å². The second kappa shape index (κ2) is 5.93. The van der Waals surface area contributed by atoms with E-state index < -0.39 is 5.38 Å². The Morgan fingerprint density at radius 1 is 1.47 bits per heavy atom. The van der Waals surface area contributed by atoms with Crippen LogP contribution in [-0.2, 0) is 4.79 Å². The van der Waals surface area contributed by atoms with Gasteiger partial charge in [-0.3, -0.25) is 14.7 Å². The van der Waals surface area contributed by atoms with Gasteiger partial charge in [0.1, 0.15) is 25.1 Å². The molecule has 19 heavy (non-hydrogen) atoms. The van der Waals surface area contributed by atoms with Crippen molar-refractivity contribution in [3.05, 3.63) is 30.3 Å². The van der Waals surface area contributed by atoms with E-state index >= 15 is 0 Å². The molecule has 5 nitrogen and oxygen atoms in total. The maximum absolute atomic E-state index is 12.2. The van der Waals surface area contributed by atoms with Crippen molar-refractivity contribution >= 4 is 29.5 Å². The van der Waals surface area contributed by atoms with Crippen molar-refractivity contribution in [1.29, 1.82) is 0 Å². The number of para-hydroxylation sites is 1. The van der Waals surface area contributed by atoms with E-state index in [1.54, 1.807) is 23.2 Å². The van der Waals surface area contributed by atoms with Crippen molar-refractivity contribution in [3.8, 4) is 0 Å². The van der Waals surface area contributed by atoms with Crippen LogP contribution in [0.4, 0.5) is 5.69 Å². The molecule has 0 saturated heterocycles. The molecule has 6 heteroatoms. The van der Waals surface area contributed by atoms with Crippen LogP contribution in [0.5, 0.6) is 0 Å². The number of anilines is 1. The molecular weight excluding hydrogens is 264 g/mol. The number of alkyl halides is 1. The fraction of sp³-hybridized carbons (Fsp3) is 0.385. The SMILES string of the molecule is CC(Cl)C(=O)N(CN1C=NN(C)C1)c1ccccc1. The van der Waals surface area contributed by atoms with Crippen molar-refractivity contribution < 1.29 is 4.79 Å². The quantitative estimate of drug-likeness (QED) is 0.789. The number of rotatable bonds is 4. The summed E-state index contributed by atoms with van der Waals surface area (Å²) in [6, 6.07) is 9.51. The number of nitrogens with zero attached hydrogens (tertiary/aromatic N) is 4. The van der Waals surface area contributed by atoms with Crippen LogP contribution in [0.1, 0.15) is 6.92 Å². The van der Waals surface area contributed by atoms with Gasteiger partial charge in [0.25, 0.3) is 0 Å². The molecular formula is C13H17ClN4O. The summed E-state index contributed by atoms with van der Waals surface area (Å²) in [6.45, 7) is 2.78. The first-order valence-corrected chi connectivity index (χ1v) is 6.51. The number of benzene rings is 1. The van der Waals surface area contributed by atoms with Crippen molar-refractivity contribution in [2.75, 3.05) is 25.3 Å². The molecule has 0 saturated carbocycles. The van der Waals surface area contributed by atoms with Crippen molar-refractivity contribution in [1.82, 2.24) is 9.91 Å². The number of hydrazone groups is 1. The van der Waals surface area contributed by atoms with E-state index in [9.17, 15) is 4.79 Å². The van der Waals surface area contributed by atoms with Gasteiger partial charge in [0.2, 0.25) is 5.91 Å². The molecule has 1 aromatic carbocycles. The summed E-state index contributed by atoms with van der Waals surface area (Å²) >= 11 is 5.93. The van der Waals surface area contributed by atoms with Crippen LogP contribution in [0.25, 0.3) is 0 Å². The van der Waals surface area contributed by atoms with Gasteiger partial charge in [-0.2, -0.15) is 5.10 Å². The van der Waals surface area contributed by atoms with Crippen molar-refractivity contribution in [3.63, 3.8) is 0 Å². The van der Waals surface area contributed by atoms with Gasteiger partial charge in [0.15, 0.2) is 0 Å². The fourth-order valence-electron chi connectivity index (χ4n) is 1.86. The molecule has 1 unspecified atom stereocenters. The summed E-state index contributed by atoms with van der Waals surface area (Å²) in [5, 5.41) is 5.38. The molecule has 0 radical (unpaired) electrons. The van der Waals surface area contributed by atoms with Crippen LogP contribution in [0, 0.1) is 0 Å². The second-order valence-electron chi connectivity index (χ2n) is 4.48. The Balaban J connectivity index is 2.16. The summed E-state index contributed by atoms with van der Waals surface area (Å²) in [7, 11) is 1.88. The van der Waals surface area contributed by atoms with E-state index in [1.165, 1.54) is 0 Å². The number of hydrogen-bond donors (Lipinski definition) is 0. The summed E-state index contributed by atoms with van der Waals surface area (Å²) in [6.07, 6.45) is 1.72. The third kappa shape index (κ3) is 3.38. The average Bonchev–Trinajstić information content (AvgIpc) is 2.81. The molecule has 1 aliphatic heterocycles. The molecule has 0 bridgehead atoms. The predicted molar refractivity (Wildman–Crippen MR) is 77.1 cm³/mol.